The van der Waals surface area contributed by atoms with Crippen LogP contribution in [0.15, 0.2) is 133 Å². The molecule has 238 valence electrons. The maximum Gasteiger partial charge on any atom is 0.416 e. The molecule has 9 heteroatoms. The van der Waals surface area contributed by atoms with Crippen LogP contribution in [0.4, 0.5) is 24.5 Å². The van der Waals surface area contributed by atoms with Crippen molar-refractivity contribution in [2.75, 3.05) is 36.4 Å². The fraction of sp³-hybridized carbons (Fsp3) is 0.158. The molecule has 1 aliphatic rings. The minimum atomic E-state index is -4.43. The average molecular weight is 636 g/mol. The van der Waals surface area contributed by atoms with Crippen molar-refractivity contribution in [2.24, 2.45) is 0 Å². The van der Waals surface area contributed by atoms with Crippen LogP contribution < -0.4 is 15.0 Å². The number of halogens is 3. The van der Waals surface area contributed by atoms with Crippen LogP contribution in [0.2, 0.25) is 0 Å². The Morgan fingerprint density at radius 3 is 1.91 bits per heavy atom. The van der Waals surface area contributed by atoms with E-state index in [4.69, 9.17) is 4.74 Å². The number of rotatable bonds is 8. The zero-order chi connectivity index (χ0) is 32.8. The summed E-state index contributed by atoms with van der Waals surface area (Å²) in [4.78, 5) is 31.0. The zero-order valence-corrected chi connectivity index (χ0v) is 25.4. The Morgan fingerprint density at radius 2 is 1.28 bits per heavy atom. The highest BCUT2D eigenvalue weighted by atomic mass is 19.4. The van der Waals surface area contributed by atoms with Gasteiger partial charge in [0.15, 0.2) is 0 Å². The van der Waals surface area contributed by atoms with Crippen molar-refractivity contribution < 1.29 is 27.5 Å². The number of nitrogens with one attached hydrogen (secondary N) is 1. The third-order valence-electron chi connectivity index (χ3n) is 8.16. The topological polar surface area (TPSA) is 61.9 Å². The van der Waals surface area contributed by atoms with Gasteiger partial charge in [0.05, 0.1) is 5.56 Å². The van der Waals surface area contributed by atoms with E-state index in [2.05, 4.69) is 15.1 Å². The molecule has 1 atom stereocenters. The van der Waals surface area contributed by atoms with Gasteiger partial charge in [-0.15, -0.1) is 0 Å². The Balaban J connectivity index is 1.10. The normalized spacial score (nSPS) is 14.3. The fourth-order valence-corrected chi connectivity index (χ4v) is 5.76. The molecule has 47 heavy (non-hydrogen) atoms. The van der Waals surface area contributed by atoms with Gasteiger partial charge in [-0.25, -0.2) is 4.79 Å². The fourth-order valence-electron chi connectivity index (χ4n) is 5.76. The van der Waals surface area contributed by atoms with Gasteiger partial charge in [-0.2, -0.15) is 13.2 Å². The molecule has 5 aromatic carbocycles. The number of esters is 1. The number of alkyl halides is 3. The highest BCUT2D eigenvalue weighted by Gasteiger charge is 2.32. The molecular weight excluding hydrogens is 603 g/mol. The molecule has 6 nitrogen and oxygen atoms in total. The van der Waals surface area contributed by atoms with E-state index in [1.165, 1.54) is 12.1 Å². The number of anilines is 2. The monoisotopic (exact) mass is 635 g/mol. The lowest BCUT2D eigenvalue weighted by molar-refractivity contribution is -0.141. The van der Waals surface area contributed by atoms with Crippen molar-refractivity contribution in [3.8, 4) is 16.9 Å². The third-order valence-corrected chi connectivity index (χ3v) is 8.16. The number of benzene rings is 5. The number of amides is 1. The summed E-state index contributed by atoms with van der Waals surface area (Å²) in [6.45, 7) is 2.66. The lowest BCUT2D eigenvalue weighted by Gasteiger charge is -2.39. The number of carbonyl (C=O) groups excluding carboxylic acids is 2. The number of para-hydroxylation sites is 1. The summed E-state index contributed by atoms with van der Waals surface area (Å²) in [6, 6.07) is 37.3. The Labute approximate surface area is 271 Å². The van der Waals surface area contributed by atoms with Gasteiger partial charge in [-0.3, -0.25) is 9.69 Å². The van der Waals surface area contributed by atoms with Crippen LogP contribution in [-0.2, 0) is 11.0 Å². The molecule has 1 saturated heterocycles. The van der Waals surface area contributed by atoms with E-state index in [1.807, 2.05) is 72.8 Å². The van der Waals surface area contributed by atoms with Gasteiger partial charge in [0.1, 0.15) is 11.8 Å². The maximum atomic E-state index is 13.4. The first kappa shape index (κ1) is 31.6. The Morgan fingerprint density at radius 1 is 0.681 bits per heavy atom. The lowest BCUT2D eigenvalue weighted by Crippen LogP contribution is -2.50. The van der Waals surface area contributed by atoms with Crippen molar-refractivity contribution in [3.05, 3.63) is 150 Å². The van der Waals surface area contributed by atoms with E-state index >= 15 is 0 Å². The first-order valence-corrected chi connectivity index (χ1v) is 15.2. The molecule has 1 heterocycles. The van der Waals surface area contributed by atoms with Crippen LogP contribution in [0.3, 0.4) is 0 Å². The van der Waals surface area contributed by atoms with Crippen molar-refractivity contribution in [3.63, 3.8) is 0 Å². The molecule has 0 aromatic heterocycles. The standard InChI is InChI=1S/C38H32F3N3O3/c39-38(40,41)29-17-15-27(16-18-29)33-13-7-8-14-34(33)36(45)42-30-19-21-31(22-20-30)43-23-25-44(26-24-43)35(28-9-3-1-4-10-28)37(46)47-32-11-5-2-6-12-32/h1-22,35H,23-26H2,(H,42,45). The number of ether oxygens (including phenoxy) is 1. The summed E-state index contributed by atoms with van der Waals surface area (Å²) in [5, 5.41) is 2.91. The molecular formula is C38H32F3N3O3. The summed E-state index contributed by atoms with van der Waals surface area (Å²) >= 11 is 0. The van der Waals surface area contributed by atoms with Crippen molar-refractivity contribution in [1.29, 1.82) is 0 Å². The van der Waals surface area contributed by atoms with E-state index in [0.717, 1.165) is 23.4 Å². The lowest BCUT2D eigenvalue weighted by atomic mass is 9.98. The molecule has 1 fully saturated rings. The molecule has 5 aromatic rings. The highest BCUT2D eigenvalue weighted by molar-refractivity contribution is 6.08. The van der Waals surface area contributed by atoms with E-state index in [0.29, 0.717) is 54.3 Å². The number of carbonyl (C=O) groups is 2. The van der Waals surface area contributed by atoms with Crippen LogP contribution in [-0.4, -0.2) is 43.0 Å². The first-order chi connectivity index (χ1) is 22.8. The Bertz CT molecular complexity index is 1810. The second-order valence-corrected chi connectivity index (χ2v) is 11.2. The van der Waals surface area contributed by atoms with Gasteiger partial charge in [0.2, 0.25) is 0 Å². The maximum absolute atomic E-state index is 13.4. The van der Waals surface area contributed by atoms with Gasteiger partial charge >= 0.3 is 12.1 Å². The SMILES string of the molecule is O=C(Nc1ccc(N2CCN(C(C(=O)Oc3ccccc3)c3ccccc3)CC2)cc1)c1ccccc1-c1ccc(C(F)(F)F)cc1. The van der Waals surface area contributed by atoms with Gasteiger partial charge in [-0.1, -0.05) is 78.9 Å². The van der Waals surface area contributed by atoms with Gasteiger partial charge in [0, 0.05) is 43.1 Å². The molecule has 1 amide bonds. The van der Waals surface area contributed by atoms with Crippen molar-refractivity contribution in [2.45, 2.75) is 12.2 Å². The zero-order valence-electron chi connectivity index (χ0n) is 25.4. The second kappa shape index (κ2) is 13.9. The van der Waals surface area contributed by atoms with Gasteiger partial charge in [-0.05, 0) is 71.3 Å². The molecule has 0 aliphatic carbocycles. The largest absolute Gasteiger partial charge is 0.425 e. The van der Waals surface area contributed by atoms with Crippen LogP contribution in [0.1, 0.15) is 27.5 Å². The third kappa shape index (κ3) is 7.53. The van der Waals surface area contributed by atoms with Gasteiger partial charge in [0.25, 0.3) is 5.91 Å². The van der Waals surface area contributed by atoms with Crippen LogP contribution in [0, 0.1) is 0 Å². The summed E-state index contributed by atoms with van der Waals surface area (Å²) in [5.41, 5.74) is 3.11. The van der Waals surface area contributed by atoms with Crippen molar-refractivity contribution in [1.82, 2.24) is 4.90 Å². The Hall–Kier alpha value is -5.41. The smallest absolute Gasteiger partial charge is 0.416 e. The van der Waals surface area contributed by atoms with E-state index < -0.39 is 17.8 Å². The van der Waals surface area contributed by atoms with E-state index in [1.54, 1.807) is 36.4 Å². The predicted molar refractivity (Wildman–Crippen MR) is 176 cm³/mol. The quantitative estimate of drug-likeness (QED) is 0.138. The summed E-state index contributed by atoms with van der Waals surface area (Å²) in [7, 11) is 0. The number of hydrogen-bond acceptors (Lipinski definition) is 5. The summed E-state index contributed by atoms with van der Waals surface area (Å²) < 4.78 is 44.9. The highest BCUT2D eigenvalue weighted by Crippen LogP contribution is 2.32. The molecule has 0 saturated carbocycles. The van der Waals surface area contributed by atoms with Crippen LogP contribution in [0.25, 0.3) is 11.1 Å². The molecule has 1 N–H and O–H groups in total. The van der Waals surface area contributed by atoms with Crippen molar-refractivity contribution >= 4 is 23.3 Å². The van der Waals surface area contributed by atoms with E-state index in [-0.39, 0.29) is 11.9 Å². The molecule has 1 unspecified atom stereocenters. The molecule has 0 radical (unpaired) electrons. The number of nitrogens with zero attached hydrogens (tertiary/aromatic N) is 2. The first-order valence-electron chi connectivity index (χ1n) is 15.2. The summed E-state index contributed by atoms with van der Waals surface area (Å²) in [5.74, 6) is -0.181. The Kier molecular flexibility index (Phi) is 9.35. The predicted octanol–water partition coefficient (Wildman–Crippen LogP) is 8.09. The molecule has 0 spiro atoms. The minimum Gasteiger partial charge on any atom is -0.425 e. The molecule has 0 bridgehead atoms. The molecule has 1 aliphatic heterocycles. The molecule has 6 rings (SSSR count). The number of hydrogen-bond donors (Lipinski definition) is 1. The minimum absolute atomic E-state index is 0.323. The van der Waals surface area contributed by atoms with Crippen LogP contribution in [0.5, 0.6) is 5.75 Å². The van der Waals surface area contributed by atoms with E-state index in [9.17, 15) is 22.8 Å². The second-order valence-electron chi connectivity index (χ2n) is 11.2. The van der Waals surface area contributed by atoms with Gasteiger partial charge < -0.3 is 15.0 Å². The average Bonchev–Trinajstić information content (AvgIpc) is 3.10. The summed E-state index contributed by atoms with van der Waals surface area (Å²) in [6.07, 6.45) is -4.43. The van der Waals surface area contributed by atoms with Crippen LogP contribution >= 0.6 is 0 Å². The number of piperazine rings is 1.